The van der Waals surface area contributed by atoms with Gasteiger partial charge in [-0.25, -0.2) is 0 Å². The van der Waals surface area contributed by atoms with Gasteiger partial charge in [-0.1, -0.05) is 12.1 Å². The fourth-order valence-electron chi connectivity index (χ4n) is 2.11. The number of hydrogen-bond donors (Lipinski definition) is 1. The summed E-state index contributed by atoms with van der Waals surface area (Å²) in [5, 5.41) is 12.1. The minimum absolute atomic E-state index is 0.0438. The molecule has 1 aliphatic rings. The molecule has 0 aromatic heterocycles. The van der Waals surface area contributed by atoms with E-state index in [9.17, 15) is 4.79 Å². The van der Waals surface area contributed by atoms with Crippen LogP contribution in [-0.4, -0.2) is 31.1 Å². The van der Waals surface area contributed by atoms with Gasteiger partial charge in [0.05, 0.1) is 24.8 Å². The summed E-state index contributed by atoms with van der Waals surface area (Å²) in [6, 6.07) is 9.19. The van der Waals surface area contributed by atoms with Crippen LogP contribution in [0.1, 0.15) is 29.3 Å². The first-order valence-corrected chi connectivity index (χ1v) is 6.06. The number of ether oxygens (including phenoxy) is 1. The zero-order chi connectivity index (χ0) is 13.0. The van der Waals surface area contributed by atoms with Crippen LogP contribution in [0.3, 0.4) is 0 Å². The van der Waals surface area contributed by atoms with E-state index in [0.717, 1.165) is 0 Å². The first kappa shape index (κ1) is 12.7. The van der Waals surface area contributed by atoms with E-state index >= 15 is 0 Å². The largest absolute Gasteiger partial charge is 0.378 e. The molecule has 0 radical (unpaired) electrons. The van der Waals surface area contributed by atoms with Crippen molar-refractivity contribution in [2.45, 2.75) is 25.4 Å². The first-order chi connectivity index (χ1) is 8.69. The fourth-order valence-corrected chi connectivity index (χ4v) is 2.11. The summed E-state index contributed by atoms with van der Waals surface area (Å²) >= 11 is 0. The average molecular weight is 244 g/mol. The summed E-state index contributed by atoms with van der Waals surface area (Å²) in [4.78, 5) is 12.1. The molecule has 18 heavy (non-hydrogen) atoms. The summed E-state index contributed by atoms with van der Waals surface area (Å²) < 4.78 is 5.41. The van der Waals surface area contributed by atoms with E-state index in [2.05, 4.69) is 5.32 Å². The van der Waals surface area contributed by atoms with Crippen LogP contribution in [0.2, 0.25) is 0 Å². The number of morpholine rings is 1. The minimum Gasteiger partial charge on any atom is -0.378 e. The van der Waals surface area contributed by atoms with Crippen molar-refractivity contribution in [1.29, 1.82) is 5.26 Å². The second-order valence-corrected chi connectivity index (χ2v) is 4.62. The van der Waals surface area contributed by atoms with Gasteiger partial charge in [0.2, 0.25) is 0 Å². The molecule has 4 heteroatoms. The van der Waals surface area contributed by atoms with Crippen molar-refractivity contribution >= 4 is 5.78 Å². The maximum Gasteiger partial charge on any atom is 0.164 e. The molecule has 2 unspecified atom stereocenters. The lowest BCUT2D eigenvalue weighted by Crippen LogP contribution is -2.48. The van der Waals surface area contributed by atoms with Crippen LogP contribution >= 0.6 is 0 Å². The number of hydrogen-bond acceptors (Lipinski definition) is 4. The van der Waals surface area contributed by atoms with Crippen molar-refractivity contribution in [2.75, 3.05) is 13.2 Å². The fraction of sp³-hybridized carbons (Fsp3) is 0.429. The van der Waals surface area contributed by atoms with Crippen LogP contribution in [-0.2, 0) is 4.74 Å². The standard InChI is InChI=1S/C14H16N2O2/c1-10-8-18-9-13(16-10)6-14(17)12-4-2-3-11(5-12)7-15/h2-5,10,13,16H,6,8-9H2,1H3. The maximum atomic E-state index is 12.1. The van der Waals surface area contributed by atoms with Crippen molar-refractivity contribution in [3.05, 3.63) is 35.4 Å². The van der Waals surface area contributed by atoms with Crippen LogP contribution in [0.4, 0.5) is 0 Å². The van der Waals surface area contributed by atoms with Crippen LogP contribution in [0.15, 0.2) is 24.3 Å². The Bertz CT molecular complexity index is 479. The lowest BCUT2D eigenvalue weighted by Gasteiger charge is -2.28. The highest BCUT2D eigenvalue weighted by Gasteiger charge is 2.21. The zero-order valence-corrected chi connectivity index (χ0v) is 10.3. The first-order valence-electron chi connectivity index (χ1n) is 6.06. The Hall–Kier alpha value is -1.70. The predicted molar refractivity (Wildman–Crippen MR) is 67.3 cm³/mol. The quantitative estimate of drug-likeness (QED) is 0.819. The number of nitrogens with one attached hydrogen (secondary N) is 1. The summed E-state index contributed by atoms with van der Waals surface area (Å²) in [5.74, 6) is 0.0438. The number of ketones is 1. The highest BCUT2D eigenvalue weighted by molar-refractivity contribution is 5.96. The van der Waals surface area contributed by atoms with E-state index in [1.165, 1.54) is 0 Å². The molecule has 1 aliphatic heterocycles. The van der Waals surface area contributed by atoms with Crippen molar-refractivity contribution in [3.8, 4) is 6.07 Å². The molecule has 1 aromatic rings. The molecular formula is C14H16N2O2. The zero-order valence-electron chi connectivity index (χ0n) is 10.3. The summed E-state index contributed by atoms with van der Waals surface area (Å²) in [5.41, 5.74) is 1.11. The third kappa shape index (κ3) is 3.16. The van der Waals surface area contributed by atoms with Crippen molar-refractivity contribution < 1.29 is 9.53 Å². The second-order valence-electron chi connectivity index (χ2n) is 4.62. The molecule has 0 bridgehead atoms. The van der Waals surface area contributed by atoms with E-state index in [1.807, 2.05) is 13.0 Å². The van der Waals surface area contributed by atoms with Crippen LogP contribution in [0, 0.1) is 11.3 Å². The van der Waals surface area contributed by atoms with E-state index in [0.29, 0.717) is 30.8 Å². The molecule has 1 aromatic carbocycles. The lowest BCUT2D eigenvalue weighted by atomic mass is 10.0. The SMILES string of the molecule is CC1COCC(CC(=O)c2cccc(C#N)c2)N1. The molecule has 2 rings (SSSR count). The topological polar surface area (TPSA) is 62.1 Å². The van der Waals surface area contributed by atoms with Crippen molar-refractivity contribution in [3.63, 3.8) is 0 Å². The number of Topliss-reactive ketones (excluding diaryl/α,β-unsaturated/α-hetero) is 1. The maximum absolute atomic E-state index is 12.1. The van der Waals surface area contributed by atoms with Gasteiger partial charge in [-0.3, -0.25) is 4.79 Å². The number of nitrogens with zero attached hydrogens (tertiary/aromatic N) is 1. The van der Waals surface area contributed by atoms with Gasteiger partial charge in [-0.2, -0.15) is 5.26 Å². The number of benzene rings is 1. The second kappa shape index (κ2) is 5.76. The van der Waals surface area contributed by atoms with Gasteiger partial charge in [0, 0.05) is 24.1 Å². The van der Waals surface area contributed by atoms with Gasteiger partial charge in [0.1, 0.15) is 0 Å². The number of nitriles is 1. The lowest BCUT2D eigenvalue weighted by molar-refractivity contribution is 0.0463. The Morgan fingerprint density at radius 3 is 3.11 bits per heavy atom. The smallest absolute Gasteiger partial charge is 0.164 e. The Kier molecular flexibility index (Phi) is 4.08. The molecule has 4 nitrogen and oxygen atoms in total. The predicted octanol–water partition coefficient (Wildman–Crippen LogP) is 1.51. The van der Waals surface area contributed by atoms with Gasteiger partial charge in [-0.15, -0.1) is 0 Å². The van der Waals surface area contributed by atoms with E-state index in [4.69, 9.17) is 10.00 Å². The van der Waals surface area contributed by atoms with Crippen LogP contribution < -0.4 is 5.32 Å². The molecule has 0 aliphatic carbocycles. The molecule has 1 saturated heterocycles. The molecular weight excluding hydrogens is 228 g/mol. The average Bonchev–Trinajstić information content (AvgIpc) is 2.39. The third-order valence-corrected chi connectivity index (χ3v) is 2.95. The van der Waals surface area contributed by atoms with E-state index in [-0.39, 0.29) is 17.9 Å². The molecule has 1 N–H and O–H groups in total. The minimum atomic E-state index is 0.0438. The third-order valence-electron chi connectivity index (χ3n) is 2.95. The summed E-state index contributed by atoms with van der Waals surface area (Å²) in [7, 11) is 0. The number of carbonyl (C=O) groups is 1. The number of rotatable bonds is 3. The van der Waals surface area contributed by atoms with Crippen molar-refractivity contribution in [1.82, 2.24) is 5.32 Å². The Morgan fingerprint density at radius 2 is 2.39 bits per heavy atom. The van der Waals surface area contributed by atoms with Gasteiger partial charge in [0.15, 0.2) is 5.78 Å². The van der Waals surface area contributed by atoms with Gasteiger partial charge < -0.3 is 10.1 Å². The Labute approximate surface area is 107 Å². The normalized spacial score (nSPS) is 23.3. The number of carbonyl (C=O) groups excluding carboxylic acids is 1. The monoisotopic (exact) mass is 244 g/mol. The molecule has 2 atom stereocenters. The highest BCUT2D eigenvalue weighted by atomic mass is 16.5. The Balaban J connectivity index is 2.01. The van der Waals surface area contributed by atoms with E-state index in [1.54, 1.807) is 24.3 Å². The molecule has 1 fully saturated rings. The molecule has 0 spiro atoms. The molecule has 0 saturated carbocycles. The van der Waals surface area contributed by atoms with Crippen LogP contribution in [0.5, 0.6) is 0 Å². The summed E-state index contributed by atoms with van der Waals surface area (Å²) in [6.07, 6.45) is 0.402. The summed E-state index contributed by atoms with van der Waals surface area (Å²) in [6.45, 7) is 3.29. The van der Waals surface area contributed by atoms with Gasteiger partial charge in [0.25, 0.3) is 0 Å². The van der Waals surface area contributed by atoms with E-state index < -0.39 is 0 Å². The van der Waals surface area contributed by atoms with Crippen molar-refractivity contribution in [2.24, 2.45) is 0 Å². The highest BCUT2D eigenvalue weighted by Crippen LogP contribution is 2.11. The van der Waals surface area contributed by atoms with Gasteiger partial charge in [-0.05, 0) is 19.1 Å². The molecule has 94 valence electrons. The molecule has 0 amide bonds. The molecule has 1 heterocycles. The van der Waals surface area contributed by atoms with Gasteiger partial charge >= 0.3 is 0 Å². The van der Waals surface area contributed by atoms with Crippen LogP contribution in [0.25, 0.3) is 0 Å². The Morgan fingerprint density at radius 1 is 1.56 bits per heavy atom.